The van der Waals surface area contributed by atoms with Gasteiger partial charge in [0.25, 0.3) is 0 Å². The molecular weight excluding hydrogens is 154 g/mol. The van der Waals surface area contributed by atoms with E-state index in [2.05, 4.69) is 11.9 Å². The van der Waals surface area contributed by atoms with Gasteiger partial charge in [0, 0.05) is 13.0 Å². The van der Waals surface area contributed by atoms with E-state index in [0.717, 1.165) is 37.3 Å². The normalized spacial score (nSPS) is 10.5. The summed E-state index contributed by atoms with van der Waals surface area (Å²) in [4.78, 5) is 4.26. The van der Waals surface area contributed by atoms with Gasteiger partial charge in [-0.15, -0.1) is 0 Å². The van der Waals surface area contributed by atoms with Gasteiger partial charge in [-0.05, 0) is 12.8 Å². The van der Waals surface area contributed by atoms with Crippen LogP contribution in [0.15, 0.2) is 10.7 Å². The van der Waals surface area contributed by atoms with Gasteiger partial charge in [-0.25, -0.2) is 4.98 Å². The minimum atomic E-state index is 0.200. The van der Waals surface area contributed by atoms with E-state index in [0.29, 0.717) is 0 Å². The van der Waals surface area contributed by atoms with Gasteiger partial charge in [0.2, 0.25) is 0 Å². The summed E-state index contributed by atoms with van der Waals surface area (Å²) in [5.41, 5.74) is 1.02. The zero-order valence-corrected chi connectivity index (χ0v) is 7.42. The Morgan fingerprint density at radius 3 is 3.00 bits per heavy atom. The first-order chi connectivity index (χ1) is 5.86. The fraction of sp³-hybridized carbons (Fsp3) is 0.667. The zero-order valence-electron chi connectivity index (χ0n) is 7.42. The van der Waals surface area contributed by atoms with Crippen LogP contribution in [0, 0.1) is 0 Å². The Morgan fingerprint density at radius 2 is 2.33 bits per heavy atom. The second-order valence-corrected chi connectivity index (χ2v) is 2.81. The lowest BCUT2D eigenvalue weighted by Crippen LogP contribution is -1.90. The van der Waals surface area contributed by atoms with Crippen LogP contribution in [0.1, 0.15) is 31.4 Å². The Bertz CT molecular complexity index is 220. The van der Waals surface area contributed by atoms with Gasteiger partial charge in [-0.2, -0.15) is 0 Å². The first-order valence-corrected chi connectivity index (χ1v) is 4.41. The number of nitrogens with zero attached hydrogens (tertiary/aromatic N) is 1. The van der Waals surface area contributed by atoms with E-state index < -0.39 is 0 Å². The number of aromatic nitrogens is 1. The molecule has 0 spiro atoms. The van der Waals surface area contributed by atoms with Crippen molar-refractivity contribution >= 4 is 0 Å². The van der Waals surface area contributed by atoms with Crippen LogP contribution in [0.5, 0.6) is 0 Å². The van der Waals surface area contributed by atoms with Crippen molar-refractivity contribution in [2.75, 3.05) is 6.61 Å². The van der Waals surface area contributed by atoms with Crippen LogP contribution < -0.4 is 0 Å². The molecule has 0 aliphatic heterocycles. The Labute approximate surface area is 72.4 Å². The van der Waals surface area contributed by atoms with Crippen molar-refractivity contribution in [1.29, 1.82) is 0 Å². The van der Waals surface area contributed by atoms with Gasteiger partial charge < -0.3 is 9.52 Å². The Hall–Kier alpha value is -0.830. The summed E-state index contributed by atoms with van der Waals surface area (Å²) in [7, 11) is 0. The monoisotopic (exact) mass is 169 g/mol. The van der Waals surface area contributed by atoms with Crippen LogP contribution in [-0.2, 0) is 12.8 Å². The first-order valence-electron chi connectivity index (χ1n) is 4.41. The first kappa shape index (κ1) is 9.26. The van der Waals surface area contributed by atoms with Gasteiger partial charge in [-0.1, -0.05) is 13.3 Å². The Morgan fingerprint density at radius 1 is 1.50 bits per heavy atom. The standard InChI is InChI=1S/C9H15NO2/c1-2-4-8-7-12-9(10-8)5-3-6-11/h7,11H,2-6H2,1H3. The van der Waals surface area contributed by atoms with Crippen LogP contribution in [0.25, 0.3) is 0 Å². The molecular formula is C9H15NO2. The Balaban J connectivity index is 2.41. The molecule has 1 N–H and O–H groups in total. The molecule has 0 aliphatic rings. The third-order valence-electron chi connectivity index (χ3n) is 1.65. The molecule has 3 nitrogen and oxygen atoms in total. The minimum absolute atomic E-state index is 0.200. The predicted molar refractivity (Wildman–Crippen MR) is 45.9 cm³/mol. The van der Waals surface area contributed by atoms with Crippen LogP contribution >= 0.6 is 0 Å². The molecule has 0 aromatic carbocycles. The molecule has 1 heterocycles. The van der Waals surface area contributed by atoms with Crippen LogP contribution in [0.3, 0.4) is 0 Å². The van der Waals surface area contributed by atoms with Crippen LogP contribution in [0.2, 0.25) is 0 Å². The number of hydrogen-bond acceptors (Lipinski definition) is 3. The maximum Gasteiger partial charge on any atom is 0.194 e. The summed E-state index contributed by atoms with van der Waals surface area (Å²) in [6.45, 7) is 2.31. The lowest BCUT2D eigenvalue weighted by molar-refractivity contribution is 0.283. The fourth-order valence-electron chi connectivity index (χ4n) is 1.06. The lowest BCUT2D eigenvalue weighted by atomic mass is 10.3. The summed E-state index contributed by atoms with van der Waals surface area (Å²) in [6, 6.07) is 0. The molecule has 1 aromatic rings. The van der Waals surface area contributed by atoms with Crippen molar-refractivity contribution in [1.82, 2.24) is 4.98 Å². The predicted octanol–water partition coefficient (Wildman–Crippen LogP) is 1.55. The molecule has 68 valence electrons. The summed E-state index contributed by atoms with van der Waals surface area (Å²) >= 11 is 0. The van der Waals surface area contributed by atoms with E-state index in [1.165, 1.54) is 0 Å². The molecule has 0 amide bonds. The molecule has 0 atom stereocenters. The molecule has 12 heavy (non-hydrogen) atoms. The topological polar surface area (TPSA) is 46.3 Å². The summed E-state index contributed by atoms with van der Waals surface area (Å²) < 4.78 is 5.20. The second kappa shape index (κ2) is 4.93. The molecule has 3 heteroatoms. The number of aliphatic hydroxyl groups excluding tert-OH is 1. The summed E-state index contributed by atoms with van der Waals surface area (Å²) in [6.07, 6.45) is 5.23. The molecule has 0 bridgehead atoms. The minimum Gasteiger partial charge on any atom is -0.449 e. The second-order valence-electron chi connectivity index (χ2n) is 2.81. The van der Waals surface area contributed by atoms with Gasteiger partial charge in [0.15, 0.2) is 5.89 Å². The smallest absolute Gasteiger partial charge is 0.194 e. The third-order valence-corrected chi connectivity index (χ3v) is 1.65. The van der Waals surface area contributed by atoms with Crippen molar-refractivity contribution in [3.8, 4) is 0 Å². The fourth-order valence-corrected chi connectivity index (χ4v) is 1.06. The number of oxazole rings is 1. The highest BCUT2D eigenvalue weighted by Gasteiger charge is 2.01. The van der Waals surface area contributed by atoms with E-state index in [1.54, 1.807) is 6.26 Å². The van der Waals surface area contributed by atoms with Crippen molar-refractivity contribution in [3.63, 3.8) is 0 Å². The van der Waals surface area contributed by atoms with Crippen LogP contribution in [-0.4, -0.2) is 16.7 Å². The highest BCUT2D eigenvalue weighted by Crippen LogP contribution is 2.06. The van der Waals surface area contributed by atoms with Gasteiger partial charge in [0.1, 0.15) is 6.26 Å². The summed E-state index contributed by atoms with van der Waals surface area (Å²) in [5, 5.41) is 8.57. The largest absolute Gasteiger partial charge is 0.449 e. The average Bonchev–Trinajstić information content (AvgIpc) is 2.50. The molecule has 0 saturated heterocycles. The van der Waals surface area contributed by atoms with Crippen molar-refractivity contribution in [3.05, 3.63) is 17.8 Å². The molecule has 0 fully saturated rings. The highest BCUT2D eigenvalue weighted by molar-refractivity contribution is 4.96. The highest BCUT2D eigenvalue weighted by atomic mass is 16.3. The third kappa shape index (κ3) is 2.66. The summed E-state index contributed by atoms with van der Waals surface area (Å²) in [5.74, 6) is 0.743. The van der Waals surface area contributed by atoms with E-state index in [9.17, 15) is 0 Å². The zero-order chi connectivity index (χ0) is 8.81. The quantitative estimate of drug-likeness (QED) is 0.727. The molecule has 1 rings (SSSR count). The Kier molecular flexibility index (Phi) is 3.80. The lowest BCUT2D eigenvalue weighted by Gasteiger charge is -1.89. The van der Waals surface area contributed by atoms with Crippen molar-refractivity contribution < 1.29 is 9.52 Å². The van der Waals surface area contributed by atoms with Crippen molar-refractivity contribution in [2.45, 2.75) is 32.6 Å². The molecule has 0 radical (unpaired) electrons. The molecule has 1 aromatic heterocycles. The molecule has 0 unspecified atom stereocenters. The van der Waals surface area contributed by atoms with Crippen molar-refractivity contribution in [2.24, 2.45) is 0 Å². The van der Waals surface area contributed by atoms with E-state index >= 15 is 0 Å². The maximum atomic E-state index is 8.57. The number of aliphatic hydroxyl groups is 1. The van der Waals surface area contributed by atoms with Gasteiger partial charge in [0.05, 0.1) is 5.69 Å². The number of aryl methyl sites for hydroxylation is 2. The van der Waals surface area contributed by atoms with E-state index in [4.69, 9.17) is 9.52 Å². The van der Waals surface area contributed by atoms with Gasteiger partial charge >= 0.3 is 0 Å². The van der Waals surface area contributed by atoms with E-state index in [1.807, 2.05) is 0 Å². The number of hydrogen-bond donors (Lipinski definition) is 1. The van der Waals surface area contributed by atoms with Gasteiger partial charge in [-0.3, -0.25) is 0 Å². The molecule has 0 saturated carbocycles. The molecule has 0 aliphatic carbocycles. The number of rotatable bonds is 5. The van der Waals surface area contributed by atoms with Crippen LogP contribution in [0.4, 0.5) is 0 Å². The maximum absolute atomic E-state index is 8.57. The SMILES string of the molecule is CCCc1coc(CCCO)n1. The average molecular weight is 169 g/mol. The van der Waals surface area contributed by atoms with E-state index in [-0.39, 0.29) is 6.61 Å².